The van der Waals surface area contributed by atoms with Crippen LogP contribution in [-0.4, -0.2) is 34.2 Å². The molecule has 24 heavy (non-hydrogen) atoms. The standard InChI is InChI=1S/C18H17N3O2S/c1-3-23-18(22)17-16(19-21-20-17)14-6-4-12(5-7-14)13-8-10-15(24-2)11-9-13/h4-11H,3H2,1-2H3,(H,19,20,21). The maximum absolute atomic E-state index is 11.9. The van der Waals surface area contributed by atoms with E-state index in [0.717, 1.165) is 16.7 Å². The van der Waals surface area contributed by atoms with Crippen LogP contribution in [0.3, 0.4) is 0 Å². The highest BCUT2D eigenvalue weighted by Gasteiger charge is 2.18. The van der Waals surface area contributed by atoms with Gasteiger partial charge in [-0.15, -0.1) is 16.9 Å². The molecule has 0 aliphatic heterocycles. The molecule has 0 atom stereocenters. The van der Waals surface area contributed by atoms with Gasteiger partial charge >= 0.3 is 5.97 Å². The van der Waals surface area contributed by atoms with Crippen molar-refractivity contribution in [3.63, 3.8) is 0 Å². The number of H-pyrrole nitrogens is 1. The van der Waals surface area contributed by atoms with Crippen LogP contribution in [-0.2, 0) is 4.74 Å². The Hall–Kier alpha value is -2.60. The monoisotopic (exact) mass is 339 g/mol. The van der Waals surface area contributed by atoms with E-state index in [1.165, 1.54) is 4.90 Å². The quantitative estimate of drug-likeness (QED) is 0.561. The fourth-order valence-corrected chi connectivity index (χ4v) is 2.79. The fourth-order valence-electron chi connectivity index (χ4n) is 2.38. The predicted molar refractivity (Wildman–Crippen MR) is 95.0 cm³/mol. The van der Waals surface area contributed by atoms with Gasteiger partial charge in [-0.25, -0.2) is 4.79 Å². The Balaban J connectivity index is 1.87. The molecule has 122 valence electrons. The first-order valence-electron chi connectivity index (χ1n) is 7.55. The van der Waals surface area contributed by atoms with Gasteiger partial charge in [0.25, 0.3) is 0 Å². The summed E-state index contributed by atoms with van der Waals surface area (Å²) >= 11 is 1.72. The summed E-state index contributed by atoms with van der Waals surface area (Å²) in [4.78, 5) is 13.1. The molecule has 1 aromatic heterocycles. The summed E-state index contributed by atoms with van der Waals surface area (Å²) < 4.78 is 5.00. The maximum Gasteiger partial charge on any atom is 0.361 e. The van der Waals surface area contributed by atoms with Gasteiger partial charge in [-0.1, -0.05) is 36.4 Å². The zero-order valence-electron chi connectivity index (χ0n) is 13.4. The smallest absolute Gasteiger partial charge is 0.361 e. The van der Waals surface area contributed by atoms with Crippen molar-refractivity contribution in [2.75, 3.05) is 12.9 Å². The van der Waals surface area contributed by atoms with Crippen LogP contribution < -0.4 is 0 Å². The molecule has 2 aromatic carbocycles. The lowest BCUT2D eigenvalue weighted by Crippen LogP contribution is -2.06. The Morgan fingerprint density at radius 3 is 2.17 bits per heavy atom. The Morgan fingerprint density at radius 2 is 1.58 bits per heavy atom. The first kappa shape index (κ1) is 16.3. The molecule has 0 amide bonds. The van der Waals surface area contributed by atoms with Crippen LogP contribution in [0.5, 0.6) is 0 Å². The number of nitrogens with zero attached hydrogens (tertiary/aromatic N) is 2. The first-order chi connectivity index (χ1) is 11.7. The molecule has 0 aliphatic carbocycles. The summed E-state index contributed by atoms with van der Waals surface area (Å²) in [7, 11) is 0. The number of benzene rings is 2. The number of aromatic nitrogens is 3. The van der Waals surface area contributed by atoms with Crippen LogP contribution in [0.2, 0.25) is 0 Å². The van der Waals surface area contributed by atoms with Gasteiger partial charge in [-0.2, -0.15) is 10.3 Å². The maximum atomic E-state index is 11.9. The van der Waals surface area contributed by atoms with Crippen molar-refractivity contribution in [3.05, 3.63) is 54.2 Å². The van der Waals surface area contributed by atoms with Crippen molar-refractivity contribution in [2.24, 2.45) is 0 Å². The second kappa shape index (κ2) is 7.31. The number of nitrogens with one attached hydrogen (secondary N) is 1. The van der Waals surface area contributed by atoms with E-state index in [0.29, 0.717) is 12.3 Å². The number of carbonyl (C=O) groups excluding carboxylic acids is 1. The third-order valence-corrected chi connectivity index (χ3v) is 4.34. The van der Waals surface area contributed by atoms with Crippen LogP contribution in [0.15, 0.2) is 53.4 Å². The van der Waals surface area contributed by atoms with E-state index in [1.54, 1.807) is 18.7 Å². The number of hydrogen-bond donors (Lipinski definition) is 1. The van der Waals surface area contributed by atoms with Crippen molar-refractivity contribution in [2.45, 2.75) is 11.8 Å². The number of esters is 1. The van der Waals surface area contributed by atoms with Crippen molar-refractivity contribution in [3.8, 4) is 22.4 Å². The minimum atomic E-state index is -0.474. The van der Waals surface area contributed by atoms with Crippen molar-refractivity contribution in [1.82, 2.24) is 15.4 Å². The molecule has 3 rings (SSSR count). The molecule has 0 fully saturated rings. The Morgan fingerprint density at radius 1 is 1.00 bits per heavy atom. The Kier molecular flexibility index (Phi) is 4.96. The third kappa shape index (κ3) is 3.33. The Bertz CT molecular complexity index is 826. The van der Waals surface area contributed by atoms with Crippen LogP contribution in [0, 0.1) is 0 Å². The van der Waals surface area contributed by atoms with Gasteiger partial charge in [-0.3, -0.25) is 0 Å². The van der Waals surface area contributed by atoms with Gasteiger partial charge in [0, 0.05) is 10.5 Å². The van der Waals surface area contributed by atoms with Gasteiger partial charge in [0.05, 0.1) is 6.61 Å². The second-order valence-electron chi connectivity index (χ2n) is 5.05. The number of thioether (sulfide) groups is 1. The van der Waals surface area contributed by atoms with Gasteiger partial charge in [0.2, 0.25) is 0 Å². The fraction of sp³-hybridized carbons (Fsp3) is 0.167. The SMILES string of the molecule is CCOC(=O)c1n[nH]nc1-c1ccc(-c2ccc(SC)cc2)cc1. The lowest BCUT2D eigenvalue weighted by Gasteiger charge is -2.05. The van der Waals surface area contributed by atoms with Crippen LogP contribution in [0.25, 0.3) is 22.4 Å². The minimum Gasteiger partial charge on any atom is -0.461 e. The average molecular weight is 339 g/mol. The third-order valence-electron chi connectivity index (χ3n) is 3.60. The van der Waals surface area contributed by atoms with E-state index in [2.05, 4.69) is 45.9 Å². The van der Waals surface area contributed by atoms with E-state index >= 15 is 0 Å². The second-order valence-corrected chi connectivity index (χ2v) is 5.93. The van der Waals surface area contributed by atoms with Crippen molar-refractivity contribution < 1.29 is 9.53 Å². The summed E-state index contributed by atoms with van der Waals surface area (Å²) in [6.07, 6.45) is 2.06. The molecule has 0 bridgehead atoms. The number of carbonyl (C=O) groups is 1. The zero-order valence-corrected chi connectivity index (χ0v) is 14.3. The topological polar surface area (TPSA) is 67.9 Å². The van der Waals surface area contributed by atoms with Crippen molar-refractivity contribution in [1.29, 1.82) is 0 Å². The van der Waals surface area contributed by atoms with Crippen LogP contribution >= 0.6 is 11.8 Å². The van der Waals surface area contributed by atoms with Gasteiger partial charge < -0.3 is 4.74 Å². The van der Waals surface area contributed by atoms with Gasteiger partial charge in [0.15, 0.2) is 5.69 Å². The van der Waals surface area contributed by atoms with E-state index < -0.39 is 5.97 Å². The largest absolute Gasteiger partial charge is 0.461 e. The van der Waals surface area contributed by atoms with E-state index in [9.17, 15) is 4.79 Å². The van der Waals surface area contributed by atoms with E-state index in [4.69, 9.17) is 4.74 Å². The predicted octanol–water partition coefficient (Wildman–Crippen LogP) is 4.04. The molecule has 0 aliphatic rings. The molecule has 0 saturated heterocycles. The number of rotatable bonds is 5. The lowest BCUT2D eigenvalue weighted by atomic mass is 10.0. The number of aromatic amines is 1. The molecule has 0 saturated carbocycles. The molecule has 0 radical (unpaired) electrons. The minimum absolute atomic E-state index is 0.203. The van der Waals surface area contributed by atoms with E-state index in [1.807, 2.05) is 24.3 Å². The van der Waals surface area contributed by atoms with E-state index in [-0.39, 0.29) is 5.69 Å². The molecule has 0 unspecified atom stereocenters. The normalized spacial score (nSPS) is 10.6. The number of ether oxygens (including phenoxy) is 1. The highest BCUT2D eigenvalue weighted by Crippen LogP contribution is 2.26. The first-order valence-corrected chi connectivity index (χ1v) is 8.78. The lowest BCUT2D eigenvalue weighted by molar-refractivity contribution is 0.0520. The molecule has 1 N–H and O–H groups in total. The summed E-state index contributed by atoms with van der Waals surface area (Å²) in [6, 6.07) is 16.3. The molecule has 5 nitrogen and oxygen atoms in total. The van der Waals surface area contributed by atoms with Gasteiger partial charge in [0.1, 0.15) is 5.69 Å². The zero-order chi connectivity index (χ0) is 16.9. The van der Waals surface area contributed by atoms with Crippen LogP contribution in [0.4, 0.5) is 0 Å². The van der Waals surface area contributed by atoms with Crippen LogP contribution in [0.1, 0.15) is 17.4 Å². The van der Waals surface area contributed by atoms with Crippen molar-refractivity contribution >= 4 is 17.7 Å². The summed E-state index contributed by atoms with van der Waals surface area (Å²) in [5, 5.41) is 10.5. The number of hydrogen-bond acceptors (Lipinski definition) is 5. The molecule has 6 heteroatoms. The highest BCUT2D eigenvalue weighted by molar-refractivity contribution is 7.98. The highest BCUT2D eigenvalue weighted by atomic mass is 32.2. The Labute approximate surface area is 144 Å². The van der Waals surface area contributed by atoms with Gasteiger partial charge in [-0.05, 0) is 36.4 Å². The molecular formula is C18H17N3O2S. The molecule has 3 aromatic rings. The molecule has 0 spiro atoms. The summed E-state index contributed by atoms with van der Waals surface area (Å²) in [5.41, 5.74) is 3.76. The molecule has 1 heterocycles. The molecular weight excluding hydrogens is 322 g/mol. The summed E-state index contributed by atoms with van der Waals surface area (Å²) in [6.45, 7) is 2.06. The summed E-state index contributed by atoms with van der Waals surface area (Å²) in [5.74, 6) is -0.474. The average Bonchev–Trinajstić information content (AvgIpc) is 3.12.